The maximum Gasteiger partial charge on any atom is 0.337 e. The minimum absolute atomic E-state index is 0.575. The van der Waals surface area contributed by atoms with Gasteiger partial charge < -0.3 is 27.9 Å². The van der Waals surface area contributed by atoms with Crippen LogP contribution in [-0.4, -0.2) is 66.1 Å². The molecule has 0 saturated carbocycles. The highest BCUT2D eigenvalue weighted by Crippen LogP contribution is 2.43. The van der Waals surface area contributed by atoms with E-state index in [9.17, 15) is 13.7 Å². The second-order valence-corrected chi connectivity index (χ2v) is 20.7. The van der Waals surface area contributed by atoms with Gasteiger partial charge in [-0.1, -0.05) is 41.5 Å². The van der Waals surface area contributed by atoms with Crippen molar-refractivity contribution < 1.29 is 39.5 Å². The van der Waals surface area contributed by atoms with Gasteiger partial charge in [-0.3, -0.25) is 0 Å². The third kappa shape index (κ3) is 6.71. The van der Waals surface area contributed by atoms with Crippen LogP contribution < -0.4 is 0 Å². The van der Waals surface area contributed by atoms with E-state index in [4.69, 9.17) is 25.8 Å². The number of esters is 1. The van der Waals surface area contributed by atoms with E-state index in [1.807, 2.05) is 41.5 Å². The highest BCUT2D eigenvalue weighted by molar-refractivity contribution is 6.74. The fourth-order valence-corrected chi connectivity index (χ4v) is 4.06. The Morgan fingerprint density at radius 3 is 1.90 bits per heavy atom. The van der Waals surface area contributed by atoms with Gasteiger partial charge in [-0.25, -0.2) is 4.79 Å². The Morgan fingerprint density at radius 1 is 1.06 bits per heavy atom. The summed E-state index contributed by atoms with van der Waals surface area (Å²) in [7, 11) is -5.31. The SMILES string of the molecule is [2H]C(=O)[C@@]([2H])(O[Si](C)(C)C(C)(C)C)[C@@]([2H])(O[Si](C)(C)C(C)(C)C)[C@@]1([2H])OC(C)(C)O[C@@]1([2H])C(=O)OC. The van der Waals surface area contributed by atoms with E-state index in [1.165, 1.54) is 13.8 Å². The molecule has 4 atom stereocenters. The number of carbonyl (C=O) groups excluding carboxylic acids is 2. The van der Waals surface area contributed by atoms with E-state index in [1.54, 1.807) is 26.2 Å². The van der Waals surface area contributed by atoms with E-state index in [2.05, 4.69) is 0 Å². The summed E-state index contributed by atoms with van der Waals surface area (Å²) in [4.78, 5) is 25.9. The first-order chi connectivity index (χ1) is 15.5. The van der Waals surface area contributed by atoms with Gasteiger partial charge in [-0.15, -0.1) is 0 Å². The summed E-state index contributed by atoms with van der Waals surface area (Å²) in [5.41, 5.74) is 0. The summed E-state index contributed by atoms with van der Waals surface area (Å²) in [6, 6.07) is 0. The Hall–Kier alpha value is -0.586. The molecule has 0 aromatic carbocycles. The van der Waals surface area contributed by atoms with E-state index in [0.717, 1.165) is 7.11 Å². The molecule has 1 aliphatic heterocycles. The molecule has 0 aliphatic carbocycles. The maximum absolute atomic E-state index is 13.0. The van der Waals surface area contributed by atoms with E-state index in [0.29, 0.717) is 0 Å². The van der Waals surface area contributed by atoms with Gasteiger partial charge in [0, 0.05) is 0 Å². The lowest BCUT2D eigenvalue weighted by Gasteiger charge is -2.45. The molecule has 0 N–H and O–H groups in total. The lowest BCUT2D eigenvalue weighted by molar-refractivity contribution is -0.170. The van der Waals surface area contributed by atoms with Crippen molar-refractivity contribution >= 4 is 28.9 Å². The van der Waals surface area contributed by atoms with Crippen LogP contribution in [-0.2, 0) is 32.7 Å². The van der Waals surface area contributed by atoms with Crippen LogP contribution in [0.4, 0.5) is 0 Å². The molecule has 9 heteroatoms. The Balaban J connectivity index is 4.19. The molecule has 0 amide bonds. The second kappa shape index (κ2) is 9.34. The molecule has 1 fully saturated rings. The highest BCUT2D eigenvalue weighted by atomic mass is 28.4. The number of carbonyl (C=O) groups is 2. The smallest absolute Gasteiger partial charge is 0.337 e. The average Bonchev–Trinajstić information content (AvgIpc) is 2.83. The first-order valence-electron chi connectivity index (χ1n) is 12.9. The van der Waals surface area contributed by atoms with E-state index in [-0.39, 0.29) is 0 Å². The van der Waals surface area contributed by atoms with Gasteiger partial charge in [0.25, 0.3) is 0 Å². The molecule has 7 nitrogen and oxygen atoms in total. The Bertz CT molecular complexity index is 889. The predicted octanol–water partition coefficient (Wildman–Crippen LogP) is 4.66. The quantitative estimate of drug-likeness (QED) is 0.283. The minimum atomic E-state index is -3.24. The van der Waals surface area contributed by atoms with Crippen molar-refractivity contribution in [3.63, 3.8) is 0 Å². The molecule has 0 aromatic heterocycles. The van der Waals surface area contributed by atoms with Gasteiger partial charge in [0.05, 0.1) is 12.6 Å². The van der Waals surface area contributed by atoms with Crippen LogP contribution >= 0.6 is 0 Å². The molecule has 1 rings (SSSR count). The molecule has 0 unspecified atom stereocenters. The summed E-state index contributed by atoms with van der Waals surface area (Å²) >= 11 is 0. The van der Waals surface area contributed by atoms with Crippen LogP contribution in [0.15, 0.2) is 0 Å². The van der Waals surface area contributed by atoms with Crippen molar-refractivity contribution in [2.75, 3.05) is 7.11 Å². The average molecular weight is 482 g/mol. The molecular weight excluding hydrogens is 432 g/mol. The predicted molar refractivity (Wildman–Crippen MR) is 126 cm³/mol. The summed E-state index contributed by atoms with van der Waals surface area (Å²) < 4.78 is 73.6. The van der Waals surface area contributed by atoms with Crippen LogP contribution in [0.1, 0.15) is 62.2 Å². The van der Waals surface area contributed by atoms with Crippen molar-refractivity contribution in [1.29, 1.82) is 0 Å². The van der Waals surface area contributed by atoms with Gasteiger partial charge >= 0.3 is 5.97 Å². The van der Waals surface area contributed by atoms with Crippen LogP contribution in [0, 0.1) is 0 Å². The molecule has 31 heavy (non-hydrogen) atoms. The van der Waals surface area contributed by atoms with Gasteiger partial charge in [-0.05, 0) is 50.1 Å². The normalized spacial score (nSPS) is 33.6. The first-order valence-corrected chi connectivity index (χ1v) is 16.2. The summed E-state index contributed by atoms with van der Waals surface area (Å²) in [6.07, 6.45) is -14.4. The Labute approximate surface area is 197 Å². The topological polar surface area (TPSA) is 80.3 Å². The number of ether oxygens (including phenoxy) is 3. The zero-order chi connectivity index (χ0) is 29.2. The van der Waals surface area contributed by atoms with Crippen molar-refractivity contribution in [1.82, 2.24) is 0 Å². The standard InChI is InChI=1S/C22H44O7Si2/c1-20(2,3)30(10,11)28-15(14-23)16(29-31(12,13)21(4,5)6)17-18(19(24)25-9)27-22(7,8)26-17/h14-18H,1-13H3/t15-,16-,17-,18-/m1/s1/i14D,15D,16D,17D,18D. The van der Waals surface area contributed by atoms with Gasteiger partial charge in [0.15, 0.2) is 28.5 Å². The molecule has 1 saturated heterocycles. The second-order valence-electron chi connectivity index (χ2n) is 11.2. The Morgan fingerprint density at radius 2 is 1.52 bits per heavy atom. The number of methoxy groups -OCH3 is 1. The van der Waals surface area contributed by atoms with Gasteiger partial charge in [0.2, 0.25) is 0 Å². The van der Waals surface area contributed by atoms with Crippen LogP contribution in [0.3, 0.4) is 0 Å². The van der Waals surface area contributed by atoms with Crippen molar-refractivity contribution in [3.05, 3.63) is 0 Å². The van der Waals surface area contributed by atoms with E-state index >= 15 is 0 Å². The minimum Gasteiger partial charge on any atom is -0.467 e. The molecule has 0 radical (unpaired) electrons. The van der Waals surface area contributed by atoms with Crippen LogP contribution in [0.2, 0.25) is 36.3 Å². The third-order valence-corrected chi connectivity index (χ3v) is 14.8. The fourth-order valence-electron chi connectivity index (χ4n) is 2.11. The lowest BCUT2D eigenvalue weighted by Crippen LogP contribution is -2.58. The largest absolute Gasteiger partial charge is 0.467 e. The van der Waals surface area contributed by atoms with Crippen molar-refractivity contribution in [3.8, 4) is 0 Å². The van der Waals surface area contributed by atoms with Crippen molar-refractivity contribution in [2.24, 2.45) is 0 Å². The first kappa shape index (κ1) is 21.0. The van der Waals surface area contributed by atoms with Crippen LogP contribution in [0.25, 0.3) is 0 Å². The van der Waals surface area contributed by atoms with Gasteiger partial charge in [-0.2, -0.15) is 0 Å². The molecule has 182 valence electrons. The van der Waals surface area contributed by atoms with Gasteiger partial charge in [0.1, 0.15) is 25.9 Å². The monoisotopic (exact) mass is 481 g/mol. The number of rotatable bonds is 8. The number of hydrogen-bond donors (Lipinski definition) is 0. The highest BCUT2D eigenvalue weighted by Gasteiger charge is 2.55. The molecule has 1 heterocycles. The zero-order valence-electron chi connectivity index (χ0n) is 26.4. The molecule has 1 aliphatic rings. The molecular formula is C22H44O7Si2. The fraction of sp³-hybridized carbons (Fsp3) is 0.909. The molecule has 0 spiro atoms. The number of hydrogen-bond acceptors (Lipinski definition) is 7. The summed E-state index contributed by atoms with van der Waals surface area (Å²) in [5.74, 6) is -3.17. The molecule has 0 aromatic rings. The third-order valence-electron chi connectivity index (χ3n) is 6.10. The van der Waals surface area contributed by atoms with Crippen LogP contribution in [0.5, 0.6) is 0 Å². The lowest BCUT2D eigenvalue weighted by atomic mass is 10.0. The number of aldehydes is 1. The zero-order valence-corrected chi connectivity index (χ0v) is 23.4. The summed E-state index contributed by atoms with van der Waals surface area (Å²) in [6.45, 7) is 20.5. The molecule has 0 bridgehead atoms. The van der Waals surface area contributed by atoms with E-state index < -0.39 is 69.1 Å². The Kier molecular flexibility index (Phi) is 6.32. The summed E-state index contributed by atoms with van der Waals surface area (Å²) in [5, 5.41) is -1.18. The maximum atomic E-state index is 13.0. The van der Waals surface area contributed by atoms with Crippen molar-refractivity contribution in [2.45, 2.75) is 122 Å².